The maximum Gasteiger partial charge on any atom is 0.124 e. The van der Waals surface area contributed by atoms with Crippen LogP contribution in [0.5, 0.6) is 5.75 Å². The van der Waals surface area contributed by atoms with Gasteiger partial charge < -0.3 is 14.0 Å². The fraction of sp³-hybridized carbons (Fsp3) is 0.381. The summed E-state index contributed by atoms with van der Waals surface area (Å²) in [4.78, 5) is 7.29. The SMILES string of the molecule is Clc1ccc(OCCCn2c(CN3CCOCC3)nc3ccccc32)cc1. The number of halogens is 1. The van der Waals surface area contributed by atoms with Crippen LogP contribution in [-0.4, -0.2) is 47.4 Å². The van der Waals surface area contributed by atoms with Gasteiger partial charge in [0.15, 0.2) is 0 Å². The first-order valence-corrected chi connectivity index (χ1v) is 9.80. The molecular formula is C21H24ClN3O2. The lowest BCUT2D eigenvalue weighted by Gasteiger charge is -2.26. The van der Waals surface area contributed by atoms with E-state index in [1.165, 1.54) is 5.52 Å². The first-order chi connectivity index (χ1) is 13.3. The quantitative estimate of drug-likeness (QED) is 0.576. The van der Waals surface area contributed by atoms with E-state index in [1.807, 2.05) is 30.3 Å². The van der Waals surface area contributed by atoms with Crippen molar-refractivity contribution in [3.05, 3.63) is 59.4 Å². The van der Waals surface area contributed by atoms with Crippen LogP contribution in [0.1, 0.15) is 12.2 Å². The number of hydrogen-bond donors (Lipinski definition) is 0. The van der Waals surface area contributed by atoms with Gasteiger partial charge in [-0.3, -0.25) is 4.90 Å². The summed E-state index contributed by atoms with van der Waals surface area (Å²) in [5.41, 5.74) is 2.24. The number of nitrogens with zero attached hydrogens (tertiary/aromatic N) is 3. The van der Waals surface area contributed by atoms with Crippen molar-refractivity contribution in [1.82, 2.24) is 14.5 Å². The van der Waals surface area contributed by atoms with Crippen LogP contribution >= 0.6 is 11.6 Å². The van der Waals surface area contributed by atoms with Crippen LogP contribution in [0.25, 0.3) is 11.0 Å². The number of aromatic nitrogens is 2. The first kappa shape index (κ1) is 18.3. The highest BCUT2D eigenvalue weighted by Crippen LogP contribution is 2.19. The molecule has 5 nitrogen and oxygen atoms in total. The average molecular weight is 386 g/mol. The molecule has 2 heterocycles. The minimum Gasteiger partial charge on any atom is -0.494 e. The van der Waals surface area contributed by atoms with Crippen molar-refractivity contribution in [2.24, 2.45) is 0 Å². The molecule has 3 aromatic rings. The van der Waals surface area contributed by atoms with Crippen LogP contribution < -0.4 is 4.74 Å². The Bertz CT molecular complexity index is 873. The van der Waals surface area contributed by atoms with Gasteiger partial charge in [-0.1, -0.05) is 23.7 Å². The highest BCUT2D eigenvalue weighted by atomic mass is 35.5. The third-order valence-electron chi connectivity index (χ3n) is 4.81. The van der Waals surface area contributed by atoms with Crippen molar-refractivity contribution in [3.63, 3.8) is 0 Å². The Morgan fingerprint density at radius 1 is 1.04 bits per heavy atom. The zero-order valence-corrected chi connectivity index (χ0v) is 16.1. The van der Waals surface area contributed by atoms with Gasteiger partial charge in [0.2, 0.25) is 0 Å². The fourth-order valence-corrected chi connectivity index (χ4v) is 3.52. The largest absolute Gasteiger partial charge is 0.494 e. The lowest BCUT2D eigenvalue weighted by Crippen LogP contribution is -2.36. The number of imidazole rings is 1. The predicted octanol–water partition coefficient (Wildman–Crippen LogP) is 3.99. The minimum atomic E-state index is 0.658. The van der Waals surface area contributed by atoms with E-state index in [-0.39, 0.29) is 0 Å². The highest BCUT2D eigenvalue weighted by Gasteiger charge is 2.16. The summed E-state index contributed by atoms with van der Waals surface area (Å²) < 4.78 is 13.6. The molecule has 0 radical (unpaired) electrons. The number of para-hydroxylation sites is 2. The number of rotatable bonds is 7. The Labute approximate surface area is 164 Å². The van der Waals surface area contributed by atoms with Gasteiger partial charge in [0, 0.05) is 24.7 Å². The number of morpholine rings is 1. The summed E-state index contributed by atoms with van der Waals surface area (Å²) in [6.45, 7) is 5.92. The Hall–Kier alpha value is -2.08. The van der Waals surface area contributed by atoms with E-state index in [1.54, 1.807) is 0 Å². The number of benzene rings is 2. The molecule has 4 rings (SSSR count). The van der Waals surface area contributed by atoms with Crippen LogP contribution in [-0.2, 0) is 17.8 Å². The lowest BCUT2D eigenvalue weighted by atomic mass is 10.3. The molecule has 0 amide bonds. The maximum atomic E-state index is 5.92. The molecular weight excluding hydrogens is 362 g/mol. The summed E-state index contributed by atoms with van der Waals surface area (Å²) in [6.07, 6.45) is 0.916. The molecule has 27 heavy (non-hydrogen) atoms. The highest BCUT2D eigenvalue weighted by molar-refractivity contribution is 6.30. The molecule has 1 aliphatic heterocycles. The molecule has 1 fully saturated rings. The van der Waals surface area contributed by atoms with Gasteiger partial charge in [0.25, 0.3) is 0 Å². The molecule has 0 aliphatic carbocycles. The van der Waals surface area contributed by atoms with E-state index < -0.39 is 0 Å². The summed E-state index contributed by atoms with van der Waals surface area (Å²) in [7, 11) is 0. The van der Waals surface area contributed by atoms with Crippen molar-refractivity contribution < 1.29 is 9.47 Å². The lowest BCUT2D eigenvalue weighted by molar-refractivity contribution is 0.0326. The maximum absolute atomic E-state index is 5.92. The van der Waals surface area contributed by atoms with Crippen molar-refractivity contribution in [2.45, 2.75) is 19.5 Å². The molecule has 2 aromatic carbocycles. The third-order valence-corrected chi connectivity index (χ3v) is 5.06. The van der Waals surface area contributed by atoms with Crippen LogP contribution in [0.2, 0.25) is 5.02 Å². The number of aryl methyl sites for hydroxylation is 1. The third kappa shape index (κ3) is 4.61. The van der Waals surface area contributed by atoms with Crippen LogP contribution in [0, 0.1) is 0 Å². The van der Waals surface area contributed by atoms with E-state index in [4.69, 9.17) is 26.1 Å². The summed E-state index contributed by atoms with van der Waals surface area (Å²) in [5, 5.41) is 0.722. The number of fused-ring (bicyclic) bond motifs is 1. The van der Waals surface area contributed by atoms with Crippen molar-refractivity contribution >= 4 is 22.6 Å². The fourth-order valence-electron chi connectivity index (χ4n) is 3.40. The van der Waals surface area contributed by atoms with Gasteiger partial charge in [-0.05, 0) is 42.8 Å². The molecule has 1 saturated heterocycles. The van der Waals surface area contributed by atoms with Gasteiger partial charge >= 0.3 is 0 Å². The van der Waals surface area contributed by atoms with Gasteiger partial charge in [-0.2, -0.15) is 0 Å². The number of hydrogen-bond acceptors (Lipinski definition) is 4. The molecule has 0 atom stereocenters. The Morgan fingerprint density at radius 2 is 1.81 bits per heavy atom. The van der Waals surface area contributed by atoms with Crippen LogP contribution in [0.4, 0.5) is 0 Å². The molecule has 0 unspecified atom stereocenters. The minimum absolute atomic E-state index is 0.658. The second-order valence-corrected chi connectivity index (χ2v) is 7.15. The summed E-state index contributed by atoms with van der Waals surface area (Å²) >= 11 is 5.92. The second kappa shape index (κ2) is 8.74. The van der Waals surface area contributed by atoms with Gasteiger partial charge in [0.05, 0.1) is 37.4 Å². The standard InChI is InChI=1S/C21H24ClN3O2/c22-17-6-8-18(9-7-17)27-13-3-10-25-20-5-2-1-4-19(20)23-21(25)16-24-11-14-26-15-12-24/h1-2,4-9H,3,10-16H2. The summed E-state index contributed by atoms with van der Waals surface area (Å²) in [6, 6.07) is 15.8. The van der Waals surface area contributed by atoms with E-state index in [0.29, 0.717) is 6.61 Å². The Kier molecular flexibility index (Phi) is 5.92. The van der Waals surface area contributed by atoms with Crippen molar-refractivity contribution in [3.8, 4) is 5.75 Å². The average Bonchev–Trinajstić information content (AvgIpc) is 3.04. The molecule has 142 valence electrons. The monoisotopic (exact) mass is 385 g/mol. The molecule has 1 aliphatic rings. The first-order valence-electron chi connectivity index (χ1n) is 9.42. The molecule has 0 bridgehead atoms. The van der Waals surface area contributed by atoms with E-state index in [2.05, 4.69) is 27.7 Å². The number of ether oxygens (including phenoxy) is 2. The zero-order valence-electron chi connectivity index (χ0n) is 15.3. The van der Waals surface area contributed by atoms with Gasteiger partial charge in [-0.15, -0.1) is 0 Å². The van der Waals surface area contributed by atoms with Crippen LogP contribution in [0.3, 0.4) is 0 Å². The summed E-state index contributed by atoms with van der Waals surface area (Å²) in [5.74, 6) is 1.97. The Morgan fingerprint density at radius 3 is 2.63 bits per heavy atom. The van der Waals surface area contributed by atoms with Gasteiger partial charge in [-0.25, -0.2) is 4.98 Å². The van der Waals surface area contributed by atoms with E-state index in [0.717, 1.165) is 67.9 Å². The predicted molar refractivity (Wildman–Crippen MR) is 107 cm³/mol. The molecule has 6 heteroatoms. The van der Waals surface area contributed by atoms with Crippen molar-refractivity contribution in [1.29, 1.82) is 0 Å². The zero-order chi connectivity index (χ0) is 18.5. The Balaban J connectivity index is 1.42. The topological polar surface area (TPSA) is 39.5 Å². The molecule has 0 N–H and O–H groups in total. The second-order valence-electron chi connectivity index (χ2n) is 6.71. The van der Waals surface area contributed by atoms with Crippen molar-refractivity contribution in [2.75, 3.05) is 32.9 Å². The smallest absolute Gasteiger partial charge is 0.124 e. The normalized spacial score (nSPS) is 15.3. The van der Waals surface area contributed by atoms with Gasteiger partial charge in [0.1, 0.15) is 11.6 Å². The van der Waals surface area contributed by atoms with Crippen LogP contribution in [0.15, 0.2) is 48.5 Å². The molecule has 1 aromatic heterocycles. The van der Waals surface area contributed by atoms with E-state index >= 15 is 0 Å². The molecule has 0 spiro atoms. The molecule has 0 saturated carbocycles. The van der Waals surface area contributed by atoms with E-state index in [9.17, 15) is 0 Å².